The number of nitrogens with zero attached hydrogens (tertiary/aromatic N) is 3. The molecule has 5 atom stereocenters. The summed E-state index contributed by atoms with van der Waals surface area (Å²) in [7, 11) is 0. The first-order valence-electron chi connectivity index (χ1n) is 9.06. The summed E-state index contributed by atoms with van der Waals surface area (Å²) >= 11 is 0. The van der Waals surface area contributed by atoms with E-state index in [0.29, 0.717) is 18.5 Å². The summed E-state index contributed by atoms with van der Waals surface area (Å²) < 4.78 is 5.83. The quantitative estimate of drug-likeness (QED) is 0.570. The van der Waals surface area contributed by atoms with Crippen LogP contribution in [0.15, 0.2) is 28.7 Å². The van der Waals surface area contributed by atoms with Crippen molar-refractivity contribution in [2.24, 2.45) is 5.92 Å². The lowest BCUT2D eigenvalue weighted by Gasteiger charge is -2.44. The van der Waals surface area contributed by atoms with Crippen LogP contribution in [-0.4, -0.2) is 87.4 Å². The van der Waals surface area contributed by atoms with Gasteiger partial charge in [0, 0.05) is 26.2 Å². The molecule has 1 aromatic heterocycles. The van der Waals surface area contributed by atoms with Crippen molar-refractivity contribution in [1.29, 1.82) is 0 Å². The SMILES string of the molecule is OC[C@@H]1[C@@H](O)[C@H](O)[C@@H](O)CN1C[C@H]1CCN(c2nc3ccccc3o2)C1. The van der Waals surface area contributed by atoms with Crippen molar-refractivity contribution in [3.63, 3.8) is 0 Å². The molecule has 4 N–H and O–H groups in total. The number of piperidine rings is 1. The Morgan fingerprint density at radius 1 is 1.12 bits per heavy atom. The summed E-state index contributed by atoms with van der Waals surface area (Å²) in [6.07, 6.45) is -2.45. The standard InChI is InChI=1S/C18H25N3O5/c22-10-13-16(24)17(25)14(23)9-21(13)8-11-5-6-20(7-11)18-19-12-3-1-2-4-15(12)26-18/h1-4,11,13-14,16-17,22-25H,5-10H2/t11-,13+,14-,16+,17+/m0/s1. The van der Waals surface area contributed by atoms with Crippen LogP contribution in [0.5, 0.6) is 0 Å². The summed E-state index contributed by atoms with van der Waals surface area (Å²) in [5.74, 6) is 0.300. The molecule has 0 aliphatic carbocycles. The van der Waals surface area contributed by atoms with E-state index in [2.05, 4.69) is 9.88 Å². The molecule has 0 spiro atoms. The second-order valence-corrected chi connectivity index (χ2v) is 7.32. The average Bonchev–Trinajstić information content (AvgIpc) is 3.26. The molecule has 8 nitrogen and oxygen atoms in total. The minimum absolute atomic E-state index is 0.239. The van der Waals surface area contributed by atoms with Crippen molar-refractivity contribution in [3.05, 3.63) is 24.3 Å². The summed E-state index contributed by atoms with van der Waals surface area (Å²) in [6.45, 7) is 2.19. The molecule has 0 bridgehead atoms. The van der Waals surface area contributed by atoms with E-state index in [4.69, 9.17) is 4.42 Å². The number of aliphatic hydroxyl groups excluding tert-OH is 4. The Morgan fingerprint density at radius 2 is 1.92 bits per heavy atom. The van der Waals surface area contributed by atoms with Gasteiger partial charge in [0.25, 0.3) is 6.01 Å². The van der Waals surface area contributed by atoms with Crippen molar-refractivity contribution < 1.29 is 24.8 Å². The van der Waals surface area contributed by atoms with Crippen LogP contribution < -0.4 is 4.90 Å². The number of β-amino-alcohol motifs (C(OH)–C–C–N with tert-alkyl or cyclic N) is 1. The lowest BCUT2D eigenvalue weighted by Crippen LogP contribution is -2.63. The molecule has 0 radical (unpaired) electrons. The Kier molecular flexibility index (Phi) is 4.85. The zero-order chi connectivity index (χ0) is 18.3. The Morgan fingerprint density at radius 3 is 2.69 bits per heavy atom. The van der Waals surface area contributed by atoms with E-state index in [1.807, 2.05) is 29.2 Å². The predicted octanol–water partition coefficient (Wildman–Crippen LogP) is -0.587. The van der Waals surface area contributed by atoms with Crippen LogP contribution in [0.3, 0.4) is 0 Å². The molecule has 142 valence electrons. The van der Waals surface area contributed by atoms with E-state index in [-0.39, 0.29) is 13.2 Å². The third kappa shape index (κ3) is 3.19. The Labute approximate surface area is 151 Å². The number of hydrogen-bond donors (Lipinski definition) is 4. The van der Waals surface area contributed by atoms with Gasteiger partial charge in [-0.1, -0.05) is 12.1 Å². The first-order chi connectivity index (χ1) is 12.6. The third-order valence-corrected chi connectivity index (χ3v) is 5.55. The average molecular weight is 363 g/mol. The Bertz CT molecular complexity index is 720. The normalized spacial score (nSPS) is 33.2. The number of fused-ring (bicyclic) bond motifs is 1. The number of likely N-dealkylation sites (tertiary alicyclic amines) is 1. The maximum atomic E-state index is 10.1. The number of aromatic nitrogens is 1. The van der Waals surface area contributed by atoms with E-state index >= 15 is 0 Å². The third-order valence-electron chi connectivity index (χ3n) is 5.55. The van der Waals surface area contributed by atoms with E-state index in [1.165, 1.54) is 0 Å². The van der Waals surface area contributed by atoms with Crippen LogP contribution in [0.4, 0.5) is 6.01 Å². The lowest BCUT2D eigenvalue weighted by atomic mass is 9.93. The van der Waals surface area contributed by atoms with Crippen LogP contribution in [0.2, 0.25) is 0 Å². The van der Waals surface area contributed by atoms with Gasteiger partial charge in [-0.15, -0.1) is 0 Å². The van der Waals surface area contributed by atoms with Crippen molar-refractivity contribution in [2.75, 3.05) is 37.7 Å². The number of hydrogen-bond acceptors (Lipinski definition) is 8. The molecule has 2 aliphatic heterocycles. The number of anilines is 1. The fourth-order valence-electron chi connectivity index (χ4n) is 4.07. The number of rotatable bonds is 4. The molecule has 0 amide bonds. The topological polar surface area (TPSA) is 113 Å². The van der Waals surface area contributed by atoms with E-state index < -0.39 is 24.4 Å². The molecular weight excluding hydrogens is 338 g/mol. The highest BCUT2D eigenvalue weighted by atomic mass is 16.4. The smallest absolute Gasteiger partial charge is 0.298 e. The van der Waals surface area contributed by atoms with Crippen LogP contribution >= 0.6 is 0 Å². The monoisotopic (exact) mass is 363 g/mol. The Balaban J connectivity index is 1.42. The molecule has 0 unspecified atom stereocenters. The van der Waals surface area contributed by atoms with Gasteiger partial charge in [0.05, 0.1) is 18.8 Å². The van der Waals surface area contributed by atoms with Crippen molar-refractivity contribution in [3.8, 4) is 0 Å². The van der Waals surface area contributed by atoms with Gasteiger partial charge < -0.3 is 29.7 Å². The fraction of sp³-hybridized carbons (Fsp3) is 0.611. The van der Waals surface area contributed by atoms with Gasteiger partial charge >= 0.3 is 0 Å². The van der Waals surface area contributed by atoms with Crippen LogP contribution in [0, 0.1) is 5.92 Å². The number of benzene rings is 1. The maximum absolute atomic E-state index is 10.1. The fourth-order valence-corrected chi connectivity index (χ4v) is 4.07. The molecule has 2 saturated heterocycles. The molecule has 4 rings (SSSR count). The predicted molar refractivity (Wildman–Crippen MR) is 94.8 cm³/mol. The highest BCUT2D eigenvalue weighted by Crippen LogP contribution is 2.28. The van der Waals surface area contributed by atoms with Gasteiger partial charge in [0.15, 0.2) is 5.58 Å². The maximum Gasteiger partial charge on any atom is 0.298 e. The van der Waals surface area contributed by atoms with Gasteiger partial charge in [-0.3, -0.25) is 4.90 Å². The second kappa shape index (κ2) is 7.13. The summed E-state index contributed by atoms with van der Waals surface area (Å²) in [4.78, 5) is 8.51. The van der Waals surface area contributed by atoms with Gasteiger partial charge in [-0.25, -0.2) is 0 Å². The molecule has 2 fully saturated rings. The lowest BCUT2D eigenvalue weighted by molar-refractivity contribution is -0.146. The Hall–Kier alpha value is -1.71. The summed E-state index contributed by atoms with van der Waals surface area (Å²) in [5, 5.41) is 39.5. The van der Waals surface area contributed by atoms with Crippen molar-refractivity contribution in [2.45, 2.75) is 30.8 Å². The molecule has 1 aromatic carbocycles. The molecule has 2 aromatic rings. The van der Waals surface area contributed by atoms with Crippen LogP contribution in [-0.2, 0) is 0 Å². The van der Waals surface area contributed by atoms with E-state index in [1.54, 1.807) is 0 Å². The van der Waals surface area contributed by atoms with Crippen molar-refractivity contribution >= 4 is 17.1 Å². The van der Waals surface area contributed by atoms with E-state index in [0.717, 1.165) is 30.6 Å². The van der Waals surface area contributed by atoms with Crippen molar-refractivity contribution in [1.82, 2.24) is 9.88 Å². The molecular formula is C18H25N3O5. The zero-order valence-corrected chi connectivity index (χ0v) is 14.5. The van der Waals surface area contributed by atoms with E-state index in [9.17, 15) is 20.4 Å². The highest BCUT2D eigenvalue weighted by Gasteiger charge is 2.42. The van der Waals surface area contributed by atoms with Gasteiger partial charge in [-0.05, 0) is 24.5 Å². The number of para-hydroxylation sites is 2. The molecule has 0 saturated carbocycles. The second-order valence-electron chi connectivity index (χ2n) is 7.32. The number of oxazole rings is 1. The highest BCUT2D eigenvalue weighted by molar-refractivity contribution is 5.74. The largest absolute Gasteiger partial charge is 0.423 e. The van der Waals surface area contributed by atoms with Crippen LogP contribution in [0.1, 0.15) is 6.42 Å². The summed E-state index contributed by atoms with van der Waals surface area (Å²) in [5.41, 5.74) is 1.60. The van der Waals surface area contributed by atoms with Gasteiger partial charge in [0.2, 0.25) is 0 Å². The minimum Gasteiger partial charge on any atom is -0.423 e. The number of aliphatic hydroxyl groups is 4. The van der Waals surface area contributed by atoms with Gasteiger partial charge in [0.1, 0.15) is 17.7 Å². The molecule has 26 heavy (non-hydrogen) atoms. The molecule has 8 heteroatoms. The first kappa shape index (κ1) is 17.7. The summed E-state index contributed by atoms with van der Waals surface area (Å²) in [6, 6.07) is 7.71. The zero-order valence-electron chi connectivity index (χ0n) is 14.5. The molecule has 3 heterocycles. The van der Waals surface area contributed by atoms with Crippen LogP contribution in [0.25, 0.3) is 11.1 Å². The molecule has 2 aliphatic rings. The van der Waals surface area contributed by atoms with Gasteiger partial charge in [-0.2, -0.15) is 4.98 Å². The first-order valence-corrected chi connectivity index (χ1v) is 9.06. The minimum atomic E-state index is -1.22.